The number of pyridine rings is 1. The third-order valence-electron chi connectivity index (χ3n) is 4.65. The van der Waals surface area contributed by atoms with Crippen LogP contribution >= 0.6 is 12.8 Å². The Morgan fingerprint density at radius 3 is 2.59 bits per heavy atom. The second kappa shape index (κ2) is 9.24. The van der Waals surface area contributed by atoms with Gasteiger partial charge in [-0.15, -0.1) is 0 Å². The number of hydrogen-bond acceptors (Lipinski definition) is 7. The third kappa shape index (κ3) is 4.40. The van der Waals surface area contributed by atoms with Gasteiger partial charge < -0.3 is 9.73 Å². The van der Waals surface area contributed by atoms with Gasteiger partial charge in [-0.1, -0.05) is 18.9 Å². The van der Waals surface area contributed by atoms with Crippen molar-refractivity contribution in [2.24, 2.45) is 0 Å². The van der Waals surface area contributed by atoms with Crippen LogP contribution < -0.4 is 14.5 Å². The molecule has 4 aromatic rings. The molecule has 0 saturated heterocycles. The largest absolute Gasteiger partial charge is 0.432 e. The zero-order valence-electron chi connectivity index (χ0n) is 17.0. The van der Waals surface area contributed by atoms with Gasteiger partial charge in [0, 0.05) is 11.9 Å². The van der Waals surface area contributed by atoms with E-state index in [1.807, 2.05) is 42.2 Å². The van der Waals surface area contributed by atoms with E-state index in [9.17, 15) is 4.79 Å². The Bertz CT molecular complexity index is 1250. The minimum Gasteiger partial charge on any atom is -0.432 e. The summed E-state index contributed by atoms with van der Waals surface area (Å²) < 4.78 is 6.73. The van der Waals surface area contributed by atoms with E-state index in [0.29, 0.717) is 23.0 Å². The molecule has 2 aromatic carbocycles. The van der Waals surface area contributed by atoms with Crippen molar-refractivity contribution in [3.63, 3.8) is 0 Å². The van der Waals surface area contributed by atoms with Crippen molar-refractivity contribution in [3.05, 3.63) is 90.6 Å². The summed E-state index contributed by atoms with van der Waals surface area (Å²) in [7, 11) is 0. The van der Waals surface area contributed by atoms with Crippen LogP contribution in [0.15, 0.2) is 83.9 Å². The summed E-state index contributed by atoms with van der Waals surface area (Å²) in [6.45, 7) is 1.95. The lowest BCUT2D eigenvalue weighted by atomic mass is 10.1. The van der Waals surface area contributed by atoms with Crippen LogP contribution in [0.1, 0.15) is 11.1 Å². The maximum atomic E-state index is 12.8. The molecule has 2 heterocycles. The number of carbonyl (C=O) groups excluding carboxylic acids is 1. The van der Waals surface area contributed by atoms with Crippen molar-refractivity contribution in [1.82, 2.24) is 9.97 Å². The number of urea groups is 1. The number of oxazole rings is 1. The van der Waals surface area contributed by atoms with Crippen molar-refractivity contribution in [2.75, 3.05) is 14.5 Å². The molecule has 0 radical (unpaired) electrons. The van der Waals surface area contributed by atoms with Crippen LogP contribution in [0.25, 0.3) is 0 Å². The highest BCUT2D eigenvalue weighted by Gasteiger charge is 2.20. The van der Waals surface area contributed by atoms with Gasteiger partial charge in [-0.2, -0.15) is 5.26 Å². The molecule has 2 amide bonds. The predicted molar refractivity (Wildman–Crippen MR) is 125 cm³/mol. The molecule has 9 heteroatoms. The molecule has 32 heavy (non-hydrogen) atoms. The topological polar surface area (TPSA) is 98.3 Å². The van der Waals surface area contributed by atoms with Gasteiger partial charge in [-0.05, 0) is 61.0 Å². The molecular weight excluding hydrogens is 424 g/mol. The Balaban J connectivity index is 1.63. The molecular formula is C23H18N6O2S. The van der Waals surface area contributed by atoms with Gasteiger partial charge in [-0.25, -0.2) is 14.1 Å². The van der Waals surface area contributed by atoms with Crippen molar-refractivity contribution in [1.29, 1.82) is 5.26 Å². The van der Waals surface area contributed by atoms with E-state index >= 15 is 0 Å². The number of anilines is 5. The molecule has 0 aliphatic carbocycles. The summed E-state index contributed by atoms with van der Waals surface area (Å²) in [5.74, 6) is 0. The molecule has 0 spiro atoms. The number of carbonyl (C=O) groups is 1. The Morgan fingerprint density at radius 2 is 1.94 bits per heavy atom. The van der Waals surface area contributed by atoms with Gasteiger partial charge in [0.1, 0.15) is 6.26 Å². The van der Waals surface area contributed by atoms with E-state index in [0.717, 1.165) is 16.9 Å². The fraction of sp³-hybridized carbons (Fsp3) is 0.0435. The first-order valence-corrected chi connectivity index (χ1v) is 9.97. The highest BCUT2D eigenvalue weighted by molar-refractivity contribution is 7.82. The summed E-state index contributed by atoms with van der Waals surface area (Å²) in [5, 5.41) is 11.8. The highest BCUT2D eigenvalue weighted by Crippen LogP contribution is 2.36. The third-order valence-corrected chi connectivity index (χ3v) is 5.06. The van der Waals surface area contributed by atoms with Crippen LogP contribution in [0.3, 0.4) is 0 Å². The van der Waals surface area contributed by atoms with Gasteiger partial charge in [0.15, 0.2) is 0 Å². The zero-order valence-corrected chi connectivity index (χ0v) is 17.9. The van der Waals surface area contributed by atoms with Crippen LogP contribution in [0.4, 0.5) is 33.6 Å². The summed E-state index contributed by atoms with van der Waals surface area (Å²) in [6, 6.07) is 17.7. The second-order valence-corrected chi connectivity index (χ2v) is 7.16. The number of nitriles is 1. The first-order valence-electron chi connectivity index (χ1n) is 9.57. The average Bonchev–Trinajstić information content (AvgIpc) is 3.36. The zero-order chi connectivity index (χ0) is 22.5. The molecule has 0 saturated carbocycles. The minimum atomic E-state index is -0.447. The van der Waals surface area contributed by atoms with Crippen molar-refractivity contribution < 1.29 is 9.21 Å². The number of amides is 2. The lowest BCUT2D eigenvalue weighted by Gasteiger charge is -2.23. The summed E-state index contributed by atoms with van der Waals surface area (Å²) in [6.07, 6.45) is 6.45. The fourth-order valence-corrected chi connectivity index (χ4v) is 3.25. The van der Waals surface area contributed by atoms with Gasteiger partial charge in [0.2, 0.25) is 0 Å². The average molecular weight is 443 g/mol. The summed E-state index contributed by atoms with van der Waals surface area (Å²) in [5.41, 5.74) is 4.07. The molecule has 1 N–H and O–H groups in total. The van der Waals surface area contributed by atoms with Gasteiger partial charge in [-0.3, -0.25) is 9.88 Å². The van der Waals surface area contributed by atoms with E-state index in [-0.39, 0.29) is 0 Å². The van der Waals surface area contributed by atoms with E-state index in [4.69, 9.17) is 9.68 Å². The molecule has 4 rings (SSSR count). The van der Waals surface area contributed by atoms with Crippen molar-refractivity contribution in [3.8, 4) is 6.07 Å². The molecule has 158 valence electrons. The van der Waals surface area contributed by atoms with Crippen LogP contribution in [-0.4, -0.2) is 16.0 Å². The van der Waals surface area contributed by atoms with Crippen LogP contribution in [0.2, 0.25) is 0 Å². The maximum absolute atomic E-state index is 12.8. The normalized spacial score (nSPS) is 10.3. The van der Waals surface area contributed by atoms with E-state index in [1.165, 1.54) is 10.6 Å². The summed E-state index contributed by atoms with van der Waals surface area (Å²) in [4.78, 5) is 23.0. The van der Waals surface area contributed by atoms with Crippen LogP contribution in [0.5, 0.6) is 0 Å². The first kappa shape index (κ1) is 21.0. The fourth-order valence-electron chi connectivity index (χ4n) is 3.06. The number of aromatic nitrogens is 2. The van der Waals surface area contributed by atoms with Gasteiger partial charge in [0.05, 0.1) is 41.1 Å². The Kier molecular flexibility index (Phi) is 6.05. The number of rotatable bonds is 5. The maximum Gasteiger partial charge on any atom is 0.336 e. The van der Waals surface area contributed by atoms with Crippen LogP contribution in [0, 0.1) is 18.3 Å². The quantitative estimate of drug-likeness (QED) is 0.390. The molecule has 0 aliphatic heterocycles. The standard InChI is InChI=1S/C23H18N6O2S/c1-16-4-7-18(27-22(30)29(32)19-8-5-17(14-24)6-9-19)13-21(16)28(23-26-11-12-31-23)20-3-2-10-25-15-20/h2-13,15,32H,1H3,(H,27,30). The molecule has 0 unspecified atom stereocenters. The van der Waals surface area contributed by atoms with E-state index < -0.39 is 6.03 Å². The van der Waals surface area contributed by atoms with Gasteiger partial charge in [0.25, 0.3) is 0 Å². The lowest BCUT2D eigenvalue weighted by molar-refractivity contribution is 0.260. The van der Waals surface area contributed by atoms with Crippen molar-refractivity contribution in [2.45, 2.75) is 6.92 Å². The number of thiol groups is 1. The Hall–Kier alpha value is -4.29. The molecule has 0 atom stereocenters. The smallest absolute Gasteiger partial charge is 0.336 e. The highest BCUT2D eigenvalue weighted by atomic mass is 32.1. The van der Waals surface area contributed by atoms with Crippen molar-refractivity contribution >= 4 is 47.6 Å². The first-order chi connectivity index (χ1) is 15.6. The number of nitrogens with zero attached hydrogens (tertiary/aromatic N) is 5. The van der Waals surface area contributed by atoms with Gasteiger partial charge >= 0.3 is 12.0 Å². The molecule has 0 aliphatic rings. The predicted octanol–water partition coefficient (Wildman–Crippen LogP) is 5.60. The Labute approximate surface area is 190 Å². The number of hydrogen-bond donors (Lipinski definition) is 2. The molecule has 0 bridgehead atoms. The number of benzene rings is 2. The molecule has 2 aromatic heterocycles. The lowest BCUT2D eigenvalue weighted by Crippen LogP contribution is -2.26. The van der Waals surface area contributed by atoms with Crippen LogP contribution in [-0.2, 0) is 0 Å². The number of nitrogens with one attached hydrogen (secondary N) is 1. The van der Waals surface area contributed by atoms with E-state index in [1.54, 1.807) is 48.9 Å². The monoisotopic (exact) mass is 442 g/mol. The second-order valence-electron chi connectivity index (χ2n) is 6.76. The number of aryl methyl sites for hydroxylation is 1. The molecule has 0 fully saturated rings. The molecule has 8 nitrogen and oxygen atoms in total. The summed E-state index contributed by atoms with van der Waals surface area (Å²) >= 11 is 4.30. The SMILES string of the molecule is Cc1ccc(NC(=O)N(S)c2ccc(C#N)cc2)cc1N(c1cccnc1)c1ncco1. The minimum absolute atomic E-state index is 0.373. The van der Waals surface area contributed by atoms with E-state index in [2.05, 4.69) is 28.1 Å². The Morgan fingerprint density at radius 1 is 1.12 bits per heavy atom.